The summed E-state index contributed by atoms with van der Waals surface area (Å²) in [5.74, 6) is 1.56. The third-order valence-electron chi connectivity index (χ3n) is 4.78. The average molecular weight is 346 g/mol. The molecule has 1 fully saturated rings. The van der Waals surface area contributed by atoms with Crippen LogP contribution in [0.25, 0.3) is 10.2 Å². The fourth-order valence-electron chi connectivity index (χ4n) is 3.35. The minimum atomic E-state index is 0.0518. The summed E-state index contributed by atoms with van der Waals surface area (Å²) in [5.41, 5.74) is 1.20. The highest BCUT2D eigenvalue weighted by molar-refractivity contribution is 7.18. The van der Waals surface area contributed by atoms with E-state index in [0.29, 0.717) is 6.04 Å². The highest BCUT2D eigenvalue weighted by Gasteiger charge is 2.16. The van der Waals surface area contributed by atoms with Gasteiger partial charge in [-0.05, 0) is 39.2 Å². The second-order valence-electron chi connectivity index (χ2n) is 6.69. The van der Waals surface area contributed by atoms with Gasteiger partial charge in [0.15, 0.2) is 0 Å². The van der Waals surface area contributed by atoms with Crippen molar-refractivity contribution in [2.45, 2.75) is 65.3 Å². The molecule has 0 radical (unpaired) electrons. The van der Waals surface area contributed by atoms with E-state index >= 15 is 0 Å². The van der Waals surface area contributed by atoms with Crippen LogP contribution in [0.15, 0.2) is 0 Å². The van der Waals surface area contributed by atoms with Crippen LogP contribution < -0.4 is 10.6 Å². The molecule has 2 aromatic rings. The van der Waals surface area contributed by atoms with Gasteiger partial charge >= 0.3 is 0 Å². The monoisotopic (exact) mass is 346 g/mol. The van der Waals surface area contributed by atoms with Gasteiger partial charge in [0.05, 0.1) is 11.9 Å². The summed E-state index contributed by atoms with van der Waals surface area (Å²) in [6.45, 7) is 6.33. The maximum atomic E-state index is 12.3. The minimum Gasteiger partial charge on any atom is -0.360 e. The number of nitrogens with zero attached hydrogens (tertiary/aromatic N) is 2. The van der Waals surface area contributed by atoms with E-state index in [9.17, 15) is 4.79 Å². The lowest BCUT2D eigenvalue weighted by atomic mass is 10.1. The first kappa shape index (κ1) is 17.1. The molecule has 2 heterocycles. The summed E-state index contributed by atoms with van der Waals surface area (Å²) in [5, 5.41) is 7.45. The number of thiophene rings is 1. The van der Waals surface area contributed by atoms with E-state index < -0.39 is 0 Å². The Morgan fingerprint density at radius 1 is 1.12 bits per heavy atom. The first-order valence-electron chi connectivity index (χ1n) is 8.82. The molecular formula is C18H26N4OS. The third kappa shape index (κ3) is 3.86. The van der Waals surface area contributed by atoms with Crippen LogP contribution >= 0.6 is 11.3 Å². The van der Waals surface area contributed by atoms with E-state index in [1.54, 1.807) is 11.3 Å². The van der Waals surface area contributed by atoms with Crippen LogP contribution in [0.3, 0.4) is 0 Å². The normalized spacial score (nSPS) is 16.1. The van der Waals surface area contributed by atoms with E-state index in [2.05, 4.69) is 34.4 Å². The molecule has 0 unspecified atom stereocenters. The van der Waals surface area contributed by atoms with E-state index in [1.165, 1.54) is 36.1 Å². The van der Waals surface area contributed by atoms with Gasteiger partial charge in [-0.3, -0.25) is 4.79 Å². The molecular weight excluding hydrogens is 320 g/mol. The maximum absolute atomic E-state index is 12.3. The van der Waals surface area contributed by atoms with Gasteiger partial charge in [-0.1, -0.05) is 25.7 Å². The molecule has 0 atom stereocenters. The summed E-state index contributed by atoms with van der Waals surface area (Å²) in [4.78, 5) is 23.6. The molecule has 130 valence electrons. The molecule has 1 amide bonds. The number of anilines is 1. The highest BCUT2D eigenvalue weighted by atomic mass is 32.1. The number of hydrogen-bond donors (Lipinski definition) is 2. The lowest BCUT2D eigenvalue weighted by molar-refractivity contribution is -0.120. The van der Waals surface area contributed by atoms with Crippen LogP contribution in [-0.4, -0.2) is 28.5 Å². The molecule has 1 saturated carbocycles. The van der Waals surface area contributed by atoms with Gasteiger partial charge in [0.1, 0.15) is 16.5 Å². The predicted octanol–water partition coefficient (Wildman–Crippen LogP) is 3.87. The molecule has 2 N–H and O–H groups in total. The van der Waals surface area contributed by atoms with Crippen molar-refractivity contribution in [3.63, 3.8) is 0 Å². The van der Waals surface area contributed by atoms with Gasteiger partial charge in [0, 0.05) is 10.9 Å². The molecule has 3 rings (SSSR count). The number of aryl methyl sites for hydroxylation is 3. The van der Waals surface area contributed by atoms with E-state index in [-0.39, 0.29) is 12.5 Å². The predicted molar refractivity (Wildman–Crippen MR) is 99.7 cm³/mol. The van der Waals surface area contributed by atoms with Gasteiger partial charge < -0.3 is 10.6 Å². The van der Waals surface area contributed by atoms with Crippen molar-refractivity contribution in [3.05, 3.63) is 16.3 Å². The second kappa shape index (κ2) is 7.47. The standard InChI is InChI=1S/C18H26N4OS/c1-11-12(2)24-18-16(11)17(20-13(3)21-18)19-10-15(23)22-14-8-6-4-5-7-9-14/h14H,4-10H2,1-3H3,(H,22,23)(H,19,20,21). The number of carbonyl (C=O) groups excluding carboxylic acids is 1. The van der Waals surface area contributed by atoms with Crippen LogP contribution in [-0.2, 0) is 4.79 Å². The molecule has 6 heteroatoms. The molecule has 0 aromatic carbocycles. The molecule has 0 aliphatic heterocycles. The van der Waals surface area contributed by atoms with Crippen molar-refractivity contribution in [1.82, 2.24) is 15.3 Å². The molecule has 2 aromatic heterocycles. The summed E-state index contributed by atoms with van der Waals surface area (Å²) in [6, 6.07) is 0.332. The number of amides is 1. The summed E-state index contributed by atoms with van der Waals surface area (Å²) in [7, 11) is 0. The van der Waals surface area contributed by atoms with Gasteiger partial charge in [-0.15, -0.1) is 11.3 Å². The number of hydrogen-bond acceptors (Lipinski definition) is 5. The summed E-state index contributed by atoms with van der Waals surface area (Å²) >= 11 is 1.68. The first-order valence-corrected chi connectivity index (χ1v) is 9.64. The fourth-order valence-corrected chi connectivity index (χ4v) is 4.43. The molecule has 1 aliphatic carbocycles. The Kier molecular flexibility index (Phi) is 5.33. The molecule has 5 nitrogen and oxygen atoms in total. The number of aromatic nitrogens is 2. The largest absolute Gasteiger partial charge is 0.360 e. The Bertz CT molecular complexity index is 732. The Morgan fingerprint density at radius 2 is 1.83 bits per heavy atom. The van der Waals surface area contributed by atoms with Gasteiger partial charge in [-0.2, -0.15) is 0 Å². The minimum absolute atomic E-state index is 0.0518. The smallest absolute Gasteiger partial charge is 0.239 e. The number of fused-ring (bicyclic) bond motifs is 1. The van der Waals surface area contributed by atoms with Crippen molar-refractivity contribution in [3.8, 4) is 0 Å². The molecule has 24 heavy (non-hydrogen) atoms. The van der Waals surface area contributed by atoms with Crippen LogP contribution in [0.1, 0.15) is 54.8 Å². The summed E-state index contributed by atoms with van der Waals surface area (Å²) in [6.07, 6.45) is 7.23. The van der Waals surface area contributed by atoms with Crippen LogP contribution in [0.5, 0.6) is 0 Å². The zero-order chi connectivity index (χ0) is 17.1. The average Bonchev–Trinajstić information content (AvgIpc) is 2.71. The lowest BCUT2D eigenvalue weighted by Gasteiger charge is -2.16. The van der Waals surface area contributed by atoms with Crippen molar-refractivity contribution >= 4 is 33.3 Å². The Morgan fingerprint density at radius 3 is 2.54 bits per heavy atom. The van der Waals surface area contributed by atoms with E-state index in [0.717, 1.165) is 34.7 Å². The van der Waals surface area contributed by atoms with Gasteiger partial charge in [0.25, 0.3) is 0 Å². The molecule has 0 spiro atoms. The number of rotatable bonds is 4. The topological polar surface area (TPSA) is 66.9 Å². The Hall–Kier alpha value is -1.69. The molecule has 0 bridgehead atoms. The van der Waals surface area contributed by atoms with Crippen LogP contribution in [0.4, 0.5) is 5.82 Å². The van der Waals surface area contributed by atoms with Gasteiger partial charge in [0.2, 0.25) is 5.91 Å². The lowest BCUT2D eigenvalue weighted by Crippen LogP contribution is -2.38. The Balaban J connectivity index is 1.67. The van der Waals surface area contributed by atoms with Crippen molar-refractivity contribution in [2.24, 2.45) is 0 Å². The quantitative estimate of drug-likeness (QED) is 0.825. The third-order valence-corrected chi connectivity index (χ3v) is 5.88. The van der Waals surface area contributed by atoms with Crippen molar-refractivity contribution in [2.75, 3.05) is 11.9 Å². The fraction of sp³-hybridized carbons (Fsp3) is 0.611. The molecule has 1 aliphatic rings. The van der Waals surface area contributed by atoms with Crippen molar-refractivity contribution < 1.29 is 4.79 Å². The van der Waals surface area contributed by atoms with Crippen molar-refractivity contribution in [1.29, 1.82) is 0 Å². The maximum Gasteiger partial charge on any atom is 0.239 e. The van der Waals surface area contributed by atoms with Crippen LogP contribution in [0, 0.1) is 20.8 Å². The highest BCUT2D eigenvalue weighted by Crippen LogP contribution is 2.33. The molecule has 0 saturated heterocycles. The summed E-state index contributed by atoms with van der Waals surface area (Å²) < 4.78 is 0. The zero-order valence-corrected chi connectivity index (χ0v) is 15.6. The van der Waals surface area contributed by atoms with E-state index in [1.807, 2.05) is 6.92 Å². The van der Waals surface area contributed by atoms with Gasteiger partial charge in [-0.25, -0.2) is 9.97 Å². The first-order chi connectivity index (χ1) is 11.5. The van der Waals surface area contributed by atoms with Crippen LogP contribution in [0.2, 0.25) is 0 Å². The zero-order valence-electron chi connectivity index (χ0n) is 14.7. The van der Waals surface area contributed by atoms with E-state index in [4.69, 9.17) is 0 Å². The number of nitrogens with one attached hydrogen (secondary N) is 2. The Labute approximate surface area is 147 Å². The second-order valence-corrected chi connectivity index (χ2v) is 7.90. The number of carbonyl (C=O) groups is 1. The SMILES string of the molecule is Cc1nc(NCC(=O)NC2CCCCCC2)c2c(C)c(C)sc2n1.